The van der Waals surface area contributed by atoms with Crippen LogP contribution in [0.25, 0.3) is 10.9 Å². The summed E-state index contributed by atoms with van der Waals surface area (Å²) in [5.41, 5.74) is 6.01. The van der Waals surface area contributed by atoms with E-state index in [0.29, 0.717) is 25.9 Å². The van der Waals surface area contributed by atoms with Crippen molar-refractivity contribution in [3.05, 3.63) is 87.4 Å². The maximum absolute atomic E-state index is 13.2. The molecule has 8 nitrogen and oxygen atoms in total. The summed E-state index contributed by atoms with van der Waals surface area (Å²) >= 11 is 0. The van der Waals surface area contributed by atoms with Crippen molar-refractivity contribution in [2.24, 2.45) is 7.05 Å². The van der Waals surface area contributed by atoms with Crippen molar-refractivity contribution in [1.82, 2.24) is 24.4 Å². The molecule has 4 heterocycles. The van der Waals surface area contributed by atoms with E-state index in [0.717, 1.165) is 27.9 Å². The summed E-state index contributed by atoms with van der Waals surface area (Å²) in [6, 6.07) is 9.73. The predicted molar refractivity (Wildman–Crippen MR) is 132 cm³/mol. The molecule has 4 aromatic rings. The van der Waals surface area contributed by atoms with Gasteiger partial charge in [0.2, 0.25) is 5.91 Å². The Bertz CT molecular complexity index is 1430. The molecular weight excluding hydrogens is 428 g/mol. The largest absolute Gasteiger partial charge is 0.361 e. The number of hydrogen-bond acceptors (Lipinski definition) is 5. The molecule has 2 N–H and O–H groups in total. The minimum absolute atomic E-state index is 0.157. The first kappa shape index (κ1) is 21.9. The number of aromatic nitrogens is 4. The first-order valence-corrected chi connectivity index (χ1v) is 11.5. The Labute approximate surface area is 197 Å². The fourth-order valence-corrected chi connectivity index (χ4v) is 4.88. The van der Waals surface area contributed by atoms with Crippen LogP contribution in [-0.4, -0.2) is 25.0 Å². The van der Waals surface area contributed by atoms with Crippen LogP contribution in [0.3, 0.4) is 0 Å². The molecule has 0 radical (unpaired) electrons. The van der Waals surface area contributed by atoms with Crippen LogP contribution >= 0.6 is 0 Å². The molecule has 0 aliphatic carbocycles. The average molecular weight is 457 g/mol. The third kappa shape index (κ3) is 4.07. The molecule has 0 saturated heterocycles. The van der Waals surface area contributed by atoms with E-state index in [1.54, 1.807) is 17.0 Å². The van der Waals surface area contributed by atoms with Gasteiger partial charge in [0.25, 0.3) is 5.56 Å². The van der Waals surface area contributed by atoms with Gasteiger partial charge >= 0.3 is 0 Å². The molecule has 1 aromatic carbocycles. The Hall–Kier alpha value is -3.94. The first-order valence-electron chi connectivity index (χ1n) is 11.5. The maximum Gasteiger partial charge on any atom is 0.294 e. The number of hydrogen-bond donors (Lipinski definition) is 2. The van der Waals surface area contributed by atoms with E-state index in [1.165, 1.54) is 11.1 Å². The summed E-state index contributed by atoms with van der Waals surface area (Å²) in [4.78, 5) is 34.8. The van der Waals surface area contributed by atoms with Gasteiger partial charge in [-0.15, -0.1) is 0 Å². The Morgan fingerprint density at radius 1 is 1.12 bits per heavy atom. The topological polar surface area (TPSA) is 93.8 Å². The van der Waals surface area contributed by atoms with Gasteiger partial charge in [0.15, 0.2) is 5.82 Å². The van der Waals surface area contributed by atoms with Crippen LogP contribution in [0.15, 0.2) is 53.7 Å². The highest BCUT2D eigenvalue weighted by molar-refractivity contribution is 5.82. The monoisotopic (exact) mass is 456 g/mol. The van der Waals surface area contributed by atoms with Crippen LogP contribution in [0.5, 0.6) is 0 Å². The van der Waals surface area contributed by atoms with Gasteiger partial charge in [0, 0.05) is 49.0 Å². The molecule has 174 valence electrons. The Kier molecular flexibility index (Phi) is 5.65. The van der Waals surface area contributed by atoms with Crippen LogP contribution in [0, 0.1) is 13.8 Å². The minimum atomic E-state index is -0.538. The maximum atomic E-state index is 13.2. The summed E-state index contributed by atoms with van der Waals surface area (Å²) < 4.78 is 3.64. The van der Waals surface area contributed by atoms with Crippen LogP contribution in [0.1, 0.15) is 40.5 Å². The lowest BCUT2D eigenvalue weighted by atomic mass is 10.1. The number of rotatable bonds is 6. The summed E-state index contributed by atoms with van der Waals surface area (Å²) in [5, 5.41) is 7.22. The Balaban J connectivity index is 1.32. The molecule has 5 rings (SSSR count). The lowest BCUT2D eigenvalue weighted by Gasteiger charge is -2.16. The number of anilines is 1. The third-order valence-corrected chi connectivity index (χ3v) is 6.49. The van der Waals surface area contributed by atoms with E-state index in [4.69, 9.17) is 0 Å². The molecule has 1 aliphatic heterocycles. The van der Waals surface area contributed by atoms with Crippen molar-refractivity contribution in [1.29, 1.82) is 0 Å². The standard InChI is InChI=1S/C26H28N6O2/c1-16-8-17(2)10-18(9-16)12-28-24-26(34)32-20(14-29-24)4-5-23(32)25(33)30-15-21-11-19-13-27-7-6-22(19)31(21)3/h6-11,13-14,23H,4-5,12,15H2,1-3H3,(H,28,29)(H,30,33)/t23-/m0/s1. The summed E-state index contributed by atoms with van der Waals surface area (Å²) in [6.45, 7) is 4.98. The fraction of sp³-hybridized carbons (Fsp3) is 0.308. The number of carbonyl (C=O) groups is 1. The molecule has 3 aromatic heterocycles. The summed E-state index contributed by atoms with van der Waals surface area (Å²) in [6.07, 6.45) is 6.51. The summed E-state index contributed by atoms with van der Waals surface area (Å²) in [7, 11) is 1.97. The number of fused-ring (bicyclic) bond motifs is 2. The van der Waals surface area contributed by atoms with Crippen molar-refractivity contribution in [2.45, 2.75) is 45.8 Å². The quantitative estimate of drug-likeness (QED) is 0.465. The number of benzene rings is 1. The highest BCUT2D eigenvalue weighted by atomic mass is 16.2. The molecule has 0 unspecified atom stereocenters. The average Bonchev–Trinajstić information content (AvgIpc) is 3.38. The predicted octanol–water partition coefficient (Wildman–Crippen LogP) is 3.16. The van der Waals surface area contributed by atoms with Gasteiger partial charge in [0.1, 0.15) is 6.04 Å². The van der Waals surface area contributed by atoms with E-state index in [9.17, 15) is 9.59 Å². The van der Waals surface area contributed by atoms with Crippen LogP contribution in [-0.2, 0) is 31.4 Å². The lowest BCUT2D eigenvalue weighted by molar-refractivity contribution is -0.124. The number of nitrogens with one attached hydrogen (secondary N) is 2. The zero-order valence-corrected chi connectivity index (χ0v) is 19.6. The van der Waals surface area contributed by atoms with Gasteiger partial charge < -0.3 is 15.2 Å². The third-order valence-electron chi connectivity index (χ3n) is 6.49. The molecule has 0 fully saturated rings. The van der Waals surface area contributed by atoms with E-state index < -0.39 is 6.04 Å². The molecule has 1 atom stereocenters. The molecular formula is C26H28N6O2. The van der Waals surface area contributed by atoms with Gasteiger partial charge in [-0.2, -0.15) is 0 Å². The molecule has 0 spiro atoms. The SMILES string of the molecule is Cc1cc(C)cc(CNc2ncc3n(c2=O)[C@H](C(=O)NCc2cc4cnccc4n2C)CC3)c1. The van der Waals surface area contributed by atoms with E-state index in [2.05, 4.69) is 52.6 Å². The molecule has 8 heteroatoms. The summed E-state index contributed by atoms with van der Waals surface area (Å²) in [5.74, 6) is 0.111. The van der Waals surface area contributed by atoms with E-state index in [1.807, 2.05) is 29.9 Å². The second-order valence-electron chi connectivity index (χ2n) is 9.02. The fourth-order valence-electron chi connectivity index (χ4n) is 4.88. The van der Waals surface area contributed by atoms with Gasteiger partial charge in [-0.3, -0.25) is 19.1 Å². The number of nitrogens with zero attached hydrogens (tertiary/aromatic N) is 4. The number of carbonyl (C=O) groups excluding carboxylic acids is 1. The van der Waals surface area contributed by atoms with Gasteiger partial charge in [-0.05, 0) is 44.4 Å². The highest BCUT2D eigenvalue weighted by Gasteiger charge is 2.30. The van der Waals surface area contributed by atoms with Crippen LogP contribution in [0.4, 0.5) is 5.82 Å². The number of aryl methyl sites for hydroxylation is 4. The lowest BCUT2D eigenvalue weighted by Crippen LogP contribution is -2.36. The zero-order chi connectivity index (χ0) is 23.8. The van der Waals surface area contributed by atoms with Crippen molar-refractivity contribution in [3.63, 3.8) is 0 Å². The molecule has 1 aliphatic rings. The number of amides is 1. The first-order chi connectivity index (χ1) is 16.4. The van der Waals surface area contributed by atoms with Crippen LogP contribution in [0.2, 0.25) is 0 Å². The second kappa shape index (κ2) is 8.78. The second-order valence-corrected chi connectivity index (χ2v) is 9.02. The van der Waals surface area contributed by atoms with Gasteiger partial charge in [-0.1, -0.05) is 29.3 Å². The molecule has 34 heavy (non-hydrogen) atoms. The Morgan fingerprint density at radius 3 is 2.68 bits per heavy atom. The van der Waals surface area contributed by atoms with Crippen molar-refractivity contribution >= 4 is 22.6 Å². The normalized spacial score (nSPS) is 14.9. The van der Waals surface area contributed by atoms with Crippen molar-refractivity contribution in [3.8, 4) is 0 Å². The number of pyridine rings is 1. The molecule has 0 saturated carbocycles. The smallest absolute Gasteiger partial charge is 0.294 e. The van der Waals surface area contributed by atoms with E-state index >= 15 is 0 Å². The van der Waals surface area contributed by atoms with Crippen molar-refractivity contribution in [2.75, 3.05) is 5.32 Å². The molecule has 1 amide bonds. The van der Waals surface area contributed by atoms with Gasteiger partial charge in [0.05, 0.1) is 12.1 Å². The minimum Gasteiger partial charge on any atom is -0.361 e. The highest BCUT2D eigenvalue weighted by Crippen LogP contribution is 2.24. The van der Waals surface area contributed by atoms with Crippen LogP contribution < -0.4 is 16.2 Å². The van der Waals surface area contributed by atoms with E-state index in [-0.39, 0.29) is 17.3 Å². The van der Waals surface area contributed by atoms with Crippen molar-refractivity contribution < 1.29 is 4.79 Å². The molecule has 0 bridgehead atoms. The Morgan fingerprint density at radius 2 is 1.91 bits per heavy atom. The zero-order valence-electron chi connectivity index (χ0n) is 19.6. The van der Waals surface area contributed by atoms with Gasteiger partial charge in [-0.25, -0.2) is 4.98 Å².